The van der Waals surface area contributed by atoms with E-state index in [1.165, 1.54) is 6.26 Å². The normalized spacial score (nSPS) is 26.1. The van der Waals surface area contributed by atoms with Crippen molar-refractivity contribution >= 4 is 11.9 Å². The molecule has 74 valence electrons. The van der Waals surface area contributed by atoms with Gasteiger partial charge in [-0.15, -0.1) is 0 Å². The van der Waals surface area contributed by atoms with Crippen LogP contribution in [0.5, 0.6) is 0 Å². The second-order valence-corrected chi connectivity index (χ2v) is 3.07. The molecule has 1 fully saturated rings. The van der Waals surface area contributed by atoms with E-state index in [-0.39, 0.29) is 6.42 Å². The predicted octanol–water partition coefficient (Wildman–Crippen LogP) is 0.968. The monoisotopic (exact) mass is 196 g/mol. The quantitative estimate of drug-likeness (QED) is 0.713. The molecule has 1 aromatic heterocycles. The molecule has 5 heteroatoms. The summed E-state index contributed by atoms with van der Waals surface area (Å²) in [6, 6.07) is 3.22. The molecule has 1 aliphatic heterocycles. The zero-order valence-electron chi connectivity index (χ0n) is 7.17. The van der Waals surface area contributed by atoms with Crippen molar-refractivity contribution in [3.05, 3.63) is 24.2 Å². The number of cyclic esters (lactones) is 1. The molecule has 0 spiro atoms. The van der Waals surface area contributed by atoms with Crippen LogP contribution < -0.4 is 0 Å². The highest BCUT2D eigenvalue weighted by Crippen LogP contribution is 2.35. The maximum absolute atomic E-state index is 10.9. The minimum absolute atomic E-state index is 0.0965. The topological polar surface area (TPSA) is 76.7 Å². The lowest BCUT2D eigenvalue weighted by Gasteiger charge is -2.10. The highest BCUT2D eigenvalue weighted by atomic mass is 16.6. The van der Waals surface area contributed by atoms with E-state index in [0.29, 0.717) is 5.76 Å². The average Bonchev–Trinajstić information content (AvgIpc) is 2.70. The fourth-order valence-electron chi connectivity index (χ4n) is 1.48. The molecular formula is C9H8O5. The molecule has 1 saturated heterocycles. The molecule has 0 aromatic carbocycles. The first-order valence-electron chi connectivity index (χ1n) is 4.14. The molecule has 0 bridgehead atoms. The van der Waals surface area contributed by atoms with Crippen LogP contribution >= 0.6 is 0 Å². The van der Waals surface area contributed by atoms with E-state index in [4.69, 9.17) is 14.3 Å². The van der Waals surface area contributed by atoms with Crippen LogP contribution in [0.15, 0.2) is 22.8 Å². The van der Waals surface area contributed by atoms with Crippen molar-refractivity contribution in [1.82, 2.24) is 0 Å². The number of carbonyl (C=O) groups excluding carboxylic acids is 1. The highest BCUT2D eigenvalue weighted by Gasteiger charge is 2.42. The Morgan fingerprint density at radius 1 is 1.57 bits per heavy atom. The SMILES string of the molecule is O=C1C[C@H](C(=O)O)[C@H](c2ccco2)O1. The number of hydrogen-bond acceptors (Lipinski definition) is 4. The van der Waals surface area contributed by atoms with Gasteiger partial charge in [0.2, 0.25) is 0 Å². The first kappa shape index (κ1) is 8.80. The van der Waals surface area contributed by atoms with Gasteiger partial charge in [0.05, 0.1) is 12.7 Å². The van der Waals surface area contributed by atoms with Crippen LogP contribution in [0, 0.1) is 5.92 Å². The van der Waals surface area contributed by atoms with E-state index < -0.39 is 24.0 Å². The minimum atomic E-state index is -1.04. The third-order valence-corrected chi connectivity index (χ3v) is 2.15. The summed E-state index contributed by atoms with van der Waals surface area (Å²) in [5.41, 5.74) is 0. The molecule has 1 aromatic rings. The van der Waals surface area contributed by atoms with Gasteiger partial charge in [-0.25, -0.2) is 0 Å². The molecule has 2 atom stereocenters. The fraction of sp³-hybridized carbons (Fsp3) is 0.333. The van der Waals surface area contributed by atoms with Crippen LogP contribution in [0.2, 0.25) is 0 Å². The molecule has 5 nitrogen and oxygen atoms in total. The van der Waals surface area contributed by atoms with Crippen molar-refractivity contribution in [1.29, 1.82) is 0 Å². The van der Waals surface area contributed by atoms with Gasteiger partial charge < -0.3 is 14.3 Å². The first-order valence-corrected chi connectivity index (χ1v) is 4.14. The summed E-state index contributed by atoms with van der Waals surface area (Å²) in [6.45, 7) is 0. The van der Waals surface area contributed by atoms with E-state index in [0.717, 1.165) is 0 Å². The van der Waals surface area contributed by atoms with Gasteiger partial charge in [0.1, 0.15) is 11.7 Å². The van der Waals surface area contributed by atoms with Crippen LogP contribution in [0.3, 0.4) is 0 Å². The van der Waals surface area contributed by atoms with E-state index in [2.05, 4.69) is 0 Å². The maximum Gasteiger partial charge on any atom is 0.311 e. The Morgan fingerprint density at radius 3 is 2.93 bits per heavy atom. The molecule has 0 saturated carbocycles. The van der Waals surface area contributed by atoms with E-state index in [9.17, 15) is 9.59 Å². The maximum atomic E-state index is 10.9. The lowest BCUT2D eigenvalue weighted by molar-refractivity contribution is -0.145. The number of carbonyl (C=O) groups is 2. The van der Waals surface area contributed by atoms with Gasteiger partial charge in [-0.1, -0.05) is 0 Å². The molecule has 14 heavy (non-hydrogen) atoms. The summed E-state index contributed by atoms with van der Waals surface area (Å²) >= 11 is 0. The molecule has 0 unspecified atom stereocenters. The Hall–Kier alpha value is -1.78. The lowest BCUT2D eigenvalue weighted by atomic mass is 10.00. The van der Waals surface area contributed by atoms with Gasteiger partial charge in [0, 0.05) is 0 Å². The molecular weight excluding hydrogens is 188 g/mol. The molecule has 0 aliphatic carbocycles. The number of rotatable bonds is 2. The van der Waals surface area contributed by atoms with Crippen molar-refractivity contribution in [2.24, 2.45) is 5.92 Å². The van der Waals surface area contributed by atoms with Gasteiger partial charge in [-0.05, 0) is 12.1 Å². The van der Waals surface area contributed by atoms with Gasteiger partial charge in [0.15, 0.2) is 6.10 Å². The van der Waals surface area contributed by atoms with Crippen LogP contribution in [0.4, 0.5) is 0 Å². The summed E-state index contributed by atoms with van der Waals surface area (Å²) < 4.78 is 9.87. The first-order chi connectivity index (χ1) is 6.68. The van der Waals surface area contributed by atoms with Gasteiger partial charge in [-0.2, -0.15) is 0 Å². The zero-order valence-corrected chi connectivity index (χ0v) is 7.17. The standard InChI is InChI=1S/C9H8O5/c10-7-4-5(9(11)12)8(14-7)6-2-1-3-13-6/h1-3,5,8H,4H2,(H,11,12)/t5-,8+/m0/s1. The number of carboxylic acid groups (broad SMARTS) is 1. The van der Waals surface area contributed by atoms with Gasteiger partial charge in [0.25, 0.3) is 0 Å². The largest absolute Gasteiger partial charge is 0.481 e. The second-order valence-electron chi connectivity index (χ2n) is 3.07. The van der Waals surface area contributed by atoms with Crippen molar-refractivity contribution in [3.63, 3.8) is 0 Å². The number of ether oxygens (including phenoxy) is 1. The number of hydrogen-bond donors (Lipinski definition) is 1. The van der Waals surface area contributed by atoms with Gasteiger partial charge >= 0.3 is 11.9 Å². The third kappa shape index (κ3) is 1.37. The van der Waals surface area contributed by atoms with Crippen molar-refractivity contribution in [2.45, 2.75) is 12.5 Å². The average molecular weight is 196 g/mol. The fourth-order valence-corrected chi connectivity index (χ4v) is 1.48. The van der Waals surface area contributed by atoms with Crippen LogP contribution in [-0.4, -0.2) is 17.0 Å². The summed E-state index contributed by atoms with van der Waals surface area (Å²) in [7, 11) is 0. The third-order valence-electron chi connectivity index (χ3n) is 2.15. The van der Waals surface area contributed by atoms with Crippen LogP contribution in [0.25, 0.3) is 0 Å². The van der Waals surface area contributed by atoms with E-state index in [1.54, 1.807) is 12.1 Å². The molecule has 0 radical (unpaired) electrons. The minimum Gasteiger partial charge on any atom is -0.481 e. The highest BCUT2D eigenvalue weighted by molar-refractivity contribution is 5.82. The Bertz CT molecular complexity index is 353. The summed E-state index contributed by atoms with van der Waals surface area (Å²) in [5.74, 6) is -2.01. The van der Waals surface area contributed by atoms with Crippen molar-refractivity contribution in [3.8, 4) is 0 Å². The summed E-state index contributed by atoms with van der Waals surface area (Å²) in [4.78, 5) is 21.7. The molecule has 1 N–H and O–H groups in total. The molecule has 0 amide bonds. The van der Waals surface area contributed by atoms with E-state index in [1.807, 2.05) is 0 Å². The van der Waals surface area contributed by atoms with Crippen molar-refractivity contribution < 1.29 is 23.8 Å². The summed E-state index contributed by atoms with van der Waals surface area (Å²) in [6.07, 6.45) is 0.538. The molecule has 1 aliphatic rings. The molecule has 2 rings (SSSR count). The lowest BCUT2D eigenvalue weighted by Crippen LogP contribution is -2.16. The Balaban J connectivity index is 2.26. The number of furan rings is 1. The number of esters is 1. The van der Waals surface area contributed by atoms with Crippen LogP contribution in [-0.2, 0) is 14.3 Å². The Kier molecular flexibility index (Phi) is 1.99. The number of carboxylic acids is 1. The van der Waals surface area contributed by atoms with E-state index >= 15 is 0 Å². The summed E-state index contributed by atoms with van der Waals surface area (Å²) in [5, 5.41) is 8.83. The molecule has 2 heterocycles. The second kappa shape index (κ2) is 3.17. The Labute approximate surface area is 79.3 Å². The Morgan fingerprint density at radius 2 is 2.36 bits per heavy atom. The smallest absolute Gasteiger partial charge is 0.311 e. The zero-order chi connectivity index (χ0) is 10.1. The van der Waals surface area contributed by atoms with Crippen LogP contribution in [0.1, 0.15) is 18.3 Å². The predicted molar refractivity (Wildman–Crippen MR) is 43.3 cm³/mol. The van der Waals surface area contributed by atoms with Gasteiger partial charge in [-0.3, -0.25) is 9.59 Å². The number of aliphatic carboxylic acids is 1. The van der Waals surface area contributed by atoms with Crippen molar-refractivity contribution in [2.75, 3.05) is 0 Å².